The molecule has 166 valence electrons. The molecule has 8 nitrogen and oxygen atoms in total. The molecule has 0 radical (unpaired) electrons. The van der Waals surface area contributed by atoms with Crippen LogP contribution in [-0.2, 0) is 10.0 Å². The van der Waals surface area contributed by atoms with E-state index in [1.165, 1.54) is 18.2 Å². The van der Waals surface area contributed by atoms with Crippen molar-refractivity contribution in [3.05, 3.63) is 90.4 Å². The van der Waals surface area contributed by atoms with Gasteiger partial charge in [-0.3, -0.25) is 19.6 Å². The maximum absolute atomic E-state index is 12.9. The highest BCUT2D eigenvalue weighted by Crippen LogP contribution is 2.31. The lowest BCUT2D eigenvalue weighted by atomic mass is 10.1. The molecule has 0 aliphatic carbocycles. The molecule has 0 saturated heterocycles. The van der Waals surface area contributed by atoms with Gasteiger partial charge >= 0.3 is 0 Å². The lowest BCUT2D eigenvalue weighted by molar-refractivity contribution is -0.384. The Morgan fingerprint density at radius 3 is 2.31 bits per heavy atom. The summed E-state index contributed by atoms with van der Waals surface area (Å²) in [4.78, 5) is 22.9. The number of benzene rings is 3. The Balaban J connectivity index is 1.96. The summed E-state index contributed by atoms with van der Waals surface area (Å²) in [5.41, 5.74) is 0.664. The van der Waals surface area contributed by atoms with Crippen LogP contribution in [0.2, 0.25) is 10.0 Å². The maximum atomic E-state index is 12.9. The van der Waals surface area contributed by atoms with Crippen molar-refractivity contribution in [2.24, 2.45) is 0 Å². The van der Waals surface area contributed by atoms with Crippen LogP contribution in [0.25, 0.3) is 0 Å². The summed E-state index contributed by atoms with van der Waals surface area (Å²) in [5, 5.41) is 13.3. The van der Waals surface area contributed by atoms with E-state index in [1.54, 1.807) is 31.2 Å². The van der Waals surface area contributed by atoms with Gasteiger partial charge < -0.3 is 5.32 Å². The summed E-state index contributed by atoms with van der Waals surface area (Å²) >= 11 is 15.5. The molecular formula is C20H14BrCl2N3O5S. The molecule has 1 amide bonds. The molecule has 2 N–H and O–H groups in total. The second kappa shape index (κ2) is 9.45. The second-order valence-electron chi connectivity index (χ2n) is 6.59. The maximum Gasteiger partial charge on any atom is 0.271 e. The normalized spacial score (nSPS) is 11.1. The number of halogens is 3. The van der Waals surface area contributed by atoms with Gasteiger partial charge in [0.2, 0.25) is 0 Å². The number of carbonyl (C=O) groups excluding carboxylic acids is 1. The molecule has 0 spiro atoms. The van der Waals surface area contributed by atoms with Crippen LogP contribution < -0.4 is 10.0 Å². The topological polar surface area (TPSA) is 118 Å². The Kier molecular flexibility index (Phi) is 7.09. The Labute approximate surface area is 201 Å². The van der Waals surface area contributed by atoms with Crippen molar-refractivity contribution in [2.45, 2.75) is 11.8 Å². The highest BCUT2D eigenvalue weighted by atomic mass is 79.9. The first-order chi connectivity index (χ1) is 15.0. The number of nitro groups is 1. The summed E-state index contributed by atoms with van der Waals surface area (Å²) < 4.78 is 28.9. The molecule has 0 heterocycles. The predicted molar refractivity (Wildman–Crippen MR) is 127 cm³/mol. The van der Waals surface area contributed by atoms with E-state index < -0.39 is 20.9 Å². The van der Waals surface area contributed by atoms with Crippen molar-refractivity contribution >= 4 is 72.1 Å². The van der Waals surface area contributed by atoms with E-state index in [0.29, 0.717) is 5.56 Å². The molecule has 0 saturated carbocycles. The quantitative estimate of drug-likeness (QED) is 0.283. The fraction of sp³-hybridized carbons (Fsp3) is 0.0500. The number of aryl methyl sites for hydroxylation is 1. The van der Waals surface area contributed by atoms with Gasteiger partial charge in [-0.05, 0) is 48.9 Å². The number of carbonyl (C=O) groups is 1. The Bertz CT molecular complexity index is 1330. The van der Waals surface area contributed by atoms with Crippen LogP contribution in [0.5, 0.6) is 0 Å². The number of amides is 1. The van der Waals surface area contributed by atoms with E-state index in [4.69, 9.17) is 23.2 Å². The molecule has 0 aromatic heterocycles. The van der Waals surface area contributed by atoms with E-state index in [9.17, 15) is 23.3 Å². The van der Waals surface area contributed by atoms with Gasteiger partial charge in [0.15, 0.2) is 0 Å². The number of hydrogen-bond acceptors (Lipinski definition) is 5. The van der Waals surface area contributed by atoms with Crippen molar-refractivity contribution in [2.75, 3.05) is 10.0 Å². The molecular weight excluding hydrogens is 545 g/mol. The van der Waals surface area contributed by atoms with Gasteiger partial charge in [0.25, 0.3) is 21.6 Å². The number of rotatable bonds is 6. The second-order valence-corrected chi connectivity index (χ2v) is 9.97. The first kappa shape index (κ1) is 24.0. The van der Waals surface area contributed by atoms with Crippen molar-refractivity contribution in [1.29, 1.82) is 0 Å². The molecule has 3 aromatic rings. The molecule has 32 heavy (non-hydrogen) atoms. The Morgan fingerprint density at radius 1 is 1.03 bits per heavy atom. The molecule has 0 aliphatic rings. The average Bonchev–Trinajstić information content (AvgIpc) is 2.70. The van der Waals surface area contributed by atoms with E-state index in [0.717, 1.165) is 16.6 Å². The number of sulfonamides is 1. The third-order valence-corrected chi connectivity index (χ3v) is 7.02. The summed E-state index contributed by atoms with van der Waals surface area (Å²) in [5.74, 6) is -0.754. The number of non-ortho nitro benzene ring substituents is 1. The molecule has 0 unspecified atom stereocenters. The van der Waals surface area contributed by atoms with Gasteiger partial charge in [0.1, 0.15) is 4.90 Å². The van der Waals surface area contributed by atoms with Crippen LogP contribution in [0.3, 0.4) is 0 Å². The van der Waals surface area contributed by atoms with Crippen molar-refractivity contribution in [3.8, 4) is 0 Å². The standard InChI is InChI=1S/C20H14BrCl2N3O5S/c1-11-2-7-14(26(28)29)8-18(11)24-20(27)15-9-19(17(23)10-16(15)22)32(30,31)25-13-5-3-12(21)4-6-13/h2-10,25H,1H3,(H,24,27). The van der Waals surface area contributed by atoms with Crippen LogP contribution in [-0.4, -0.2) is 19.2 Å². The lowest BCUT2D eigenvalue weighted by Gasteiger charge is -2.13. The van der Waals surface area contributed by atoms with Crippen LogP contribution in [0.1, 0.15) is 15.9 Å². The van der Waals surface area contributed by atoms with Crippen molar-refractivity contribution in [3.63, 3.8) is 0 Å². The zero-order valence-electron chi connectivity index (χ0n) is 16.2. The van der Waals surface area contributed by atoms with Gasteiger partial charge in [-0.25, -0.2) is 8.42 Å². The molecule has 0 atom stereocenters. The highest BCUT2D eigenvalue weighted by molar-refractivity contribution is 9.10. The summed E-state index contributed by atoms with van der Waals surface area (Å²) in [6.07, 6.45) is 0. The fourth-order valence-electron chi connectivity index (χ4n) is 2.68. The minimum Gasteiger partial charge on any atom is -0.321 e. The summed E-state index contributed by atoms with van der Waals surface area (Å²) in [7, 11) is -4.15. The molecule has 0 fully saturated rings. The van der Waals surface area contributed by atoms with Crippen LogP contribution in [0.4, 0.5) is 17.1 Å². The first-order valence-electron chi connectivity index (χ1n) is 8.82. The highest BCUT2D eigenvalue weighted by Gasteiger charge is 2.23. The minimum absolute atomic E-state index is 0.0850. The predicted octanol–water partition coefficient (Wildman–Crippen LogP) is 6.03. The number of nitrogens with one attached hydrogen (secondary N) is 2. The summed E-state index contributed by atoms with van der Waals surface area (Å²) in [6, 6.07) is 12.6. The van der Waals surface area contributed by atoms with Crippen LogP contribution in [0, 0.1) is 17.0 Å². The molecule has 3 aromatic carbocycles. The van der Waals surface area contributed by atoms with Gasteiger partial charge in [-0.15, -0.1) is 0 Å². The molecule has 12 heteroatoms. The Morgan fingerprint density at radius 2 is 1.69 bits per heavy atom. The van der Waals surface area contributed by atoms with E-state index >= 15 is 0 Å². The Hall–Kier alpha value is -2.66. The number of nitro benzene ring substituents is 1. The number of nitrogens with zero attached hydrogens (tertiary/aromatic N) is 1. The van der Waals surface area contributed by atoms with E-state index in [1.807, 2.05) is 0 Å². The number of anilines is 2. The van der Waals surface area contributed by atoms with Gasteiger partial charge in [-0.2, -0.15) is 0 Å². The summed E-state index contributed by atoms with van der Waals surface area (Å²) in [6.45, 7) is 1.65. The third kappa shape index (κ3) is 5.39. The van der Waals surface area contributed by atoms with Crippen molar-refractivity contribution < 1.29 is 18.1 Å². The minimum atomic E-state index is -4.15. The zero-order chi connectivity index (χ0) is 23.6. The first-order valence-corrected chi connectivity index (χ1v) is 11.8. The fourth-order valence-corrected chi connectivity index (χ4v) is 4.87. The number of hydrogen-bond donors (Lipinski definition) is 2. The monoisotopic (exact) mass is 557 g/mol. The van der Waals surface area contributed by atoms with E-state index in [-0.39, 0.29) is 37.6 Å². The van der Waals surface area contributed by atoms with Gasteiger partial charge in [0.05, 0.1) is 26.2 Å². The van der Waals surface area contributed by atoms with Crippen LogP contribution >= 0.6 is 39.1 Å². The zero-order valence-corrected chi connectivity index (χ0v) is 20.1. The molecule has 0 aliphatic heterocycles. The van der Waals surface area contributed by atoms with Gasteiger partial charge in [0, 0.05) is 22.3 Å². The van der Waals surface area contributed by atoms with Crippen LogP contribution in [0.15, 0.2) is 64.0 Å². The van der Waals surface area contributed by atoms with E-state index in [2.05, 4.69) is 26.0 Å². The largest absolute Gasteiger partial charge is 0.321 e. The van der Waals surface area contributed by atoms with Crippen molar-refractivity contribution in [1.82, 2.24) is 0 Å². The van der Waals surface area contributed by atoms with Gasteiger partial charge in [-0.1, -0.05) is 45.2 Å². The molecule has 0 bridgehead atoms. The lowest BCUT2D eigenvalue weighted by Crippen LogP contribution is -2.17. The smallest absolute Gasteiger partial charge is 0.271 e. The molecule has 3 rings (SSSR count). The average molecular weight is 559 g/mol. The SMILES string of the molecule is Cc1ccc([N+](=O)[O-])cc1NC(=O)c1cc(S(=O)(=O)Nc2ccc(Br)cc2)c(Cl)cc1Cl. The third-order valence-electron chi connectivity index (χ3n) is 4.33.